The Labute approximate surface area is 106 Å². The topological polar surface area (TPSA) is 48.0 Å². The maximum Gasteiger partial charge on any atom is 0.263 e. The highest BCUT2D eigenvalue weighted by molar-refractivity contribution is 7.17. The van der Waals surface area contributed by atoms with E-state index in [4.69, 9.17) is 5.73 Å². The Morgan fingerprint density at radius 2 is 2.06 bits per heavy atom. The van der Waals surface area contributed by atoms with Gasteiger partial charge in [0.25, 0.3) is 5.56 Å². The SMILES string of the molecule is Nc1ccc(-n2ccc3sccc3c2=O)cc1F. The van der Waals surface area contributed by atoms with Crippen molar-refractivity contribution in [1.29, 1.82) is 0 Å². The van der Waals surface area contributed by atoms with Gasteiger partial charge in [0.05, 0.1) is 16.8 Å². The van der Waals surface area contributed by atoms with Crippen molar-refractivity contribution in [3.8, 4) is 5.69 Å². The fraction of sp³-hybridized carbons (Fsp3) is 0. The molecule has 0 atom stereocenters. The van der Waals surface area contributed by atoms with Crippen LogP contribution in [0.2, 0.25) is 0 Å². The van der Waals surface area contributed by atoms with Gasteiger partial charge in [-0.05, 0) is 29.6 Å². The van der Waals surface area contributed by atoms with Gasteiger partial charge in [-0.3, -0.25) is 9.36 Å². The van der Waals surface area contributed by atoms with Crippen LogP contribution in [-0.4, -0.2) is 4.57 Å². The molecule has 0 saturated heterocycles. The van der Waals surface area contributed by atoms with Crippen LogP contribution in [-0.2, 0) is 0 Å². The standard InChI is InChI=1S/C13H9FN2OS/c14-10-7-8(1-2-11(10)15)16-5-3-12-9(13(16)17)4-6-18-12/h1-7H,15H2. The molecule has 0 radical (unpaired) electrons. The molecular weight excluding hydrogens is 251 g/mol. The third-order valence-corrected chi connectivity index (χ3v) is 3.66. The van der Waals surface area contributed by atoms with Crippen LogP contribution in [0, 0.1) is 5.82 Å². The number of hydrogen-bond donors (Lipinski definition) is 1. The minimum Gasteiger partial charge on any atom is -0.396 e. The normalized spacial score (nSPS) is 10.9. The first kappa shape index (κ1) is 11.0. The van der Waals surface area contributed by atoms with E-state index in [1.165, 1.54) is 28.0 Å². The van der Waals surface area contributed by atoms with Crippen LogP contribution in [0.4, 0.5) is 10.1 Å². The van der Waals surface area contributed by atoms with E-state index < -0.39 is 5.82 Å². The molecule has 3 rings (SSSR count). The van der Waals surface area contributed by atoms with Gasteiger partial charge in [-0.1, -0.05) is 0 Å². The van der Waals surface area contributed by atoms with Gasteiger partial charge in [0.2, 0.25) is 0 Å². The number of hydrogen-bond acceptors (Lipinski definition) is 3. The molecule has 2 aromatic heterocycles. The van der Waals surface area contributed by atoms with Gasteiger partial charge in [0.1, 0.15) is 5.82 Å². The second kappa shape index (κ2) is 3.96. The number of thiophene rings is 1. The van der Waals surface area contributed by atoms with Gasteiger partial charge in [0.15, 0.2) is 0 Å². The average molecular weight is 260 g/mol. The lowest BCUT2D eigenvalue weighted by Crippen LogP contribution is -2.17. The molecule has 90 valence electrons. The van der Waals surface area contributed by atoms with Crippen LogP contribution in [0.1, 0.15) is 0 Å². The Bertz CT molecular complexity index is 791. The predicted octanol–water partition coefficient (Wildman–Crippen LogP) is 2.77. The summed E-state index contributed by atoms with van der Waals surface area (Å²) in [6.07, 6.45) is 1.64. The molecule has 0 amide bonds. The third kappa shape index (κ3) is 1.60. The van der Waals surface area contributed by atoms with E-state index in [1.54, 1.807) is 18.3 Å². The van der Waals surface area contributed by atoms with Crippen LogP contribution in [0.3, 0.4) is 0 Å². The van der Waals surface area contributed by atoms with Crippen molar-refractivity contribution in [3.63, 3.8) is 0 Å². The molecule has 0 saturated carbocycles. The highest BCUT2D eigenvalue weighted by Gasteiger charge is 2.07. The van der Waals surface area contributed by atoms with Crippen LogP contribution in [0.25, 0.3) is 15.8 Å². The molecule has 0 aliphatic carbocycles. The lowest BCUT2D eigenvalue weighted by atomic mass is 10.2. The van der Waals surface area contributed by atoms with Gasteiger partial charge in [-0.25, -0.2) is 4.39 Å². The molecule has 3 nitrogen and oxygen atoms in total. The van der Waals surface area contributed by atoms with Crippen molar-refractivity contribution < 1.29 is 4.39 Å². The summed E-state index contributed by atoms with van der Waals surface area (Å²) in [5.74, 6) is -0.523. The van der Waals surface area contributed by atoms with Crippen molar-refractivity contribution in [2.45, 2.75) is 0 Å². The average Bonchev–Trinajstić information content (AvgIpc) is 2.83. The monoisotopic (exact) mass is 260 g/mol. The summed E-state index contributed by atoms with van der Waals surface area (Å²) in [5.41, 5.74) is 5.81. The number of nitrogen functional groups attached to an aromatic ring is 1. The van der Waals surface area contributed by atoms with Gasteiger partial charge in [-0.2, -0.15) is 0 Å². The van der Waals surface area contributed by atoms with E-state index in [2.05, 4.69) is 0 Å². The van der Waals surface area contributed by atoms with E-state index in [1.807, 2.05) is 11.4 Å². The lowest BCUT2D eigenvalue weighted by molar-refractivity contribution is 0.631. The predicted molar refractivity (Wildman–Crippen MR) is 71.8 cm³/mol. The number of anilines is 1. The Morgan fingerprint density at radius 1 is 1.22 bits per heavy atom. The number of nitrogens with zero attached hydrogens (tertiary/aromatic N) is 1. The van der Waals surface area contributed by atoms with E-state index >= 15 is 0 Å². The summed E-state index contributed by atoms with van der Waals surface area (Å²) in [6.45, 7) is 0. The summed E-state index contributed by atoms with van der Waals surface area (Å²) >= 11 is 1.50. The fourth-order valence-electron chi connectivity index (χ4n) is 1.84. The number of benzene rings is 1. The van der Waals surface area contributed by atoms with Gasteiger partial charge < -0.3 is 5.73 Å². The van der Waals surface area contributed by atoms with E-state index in [0.717, 1.165) is 4.70 Å². The first-order valence-corrected chi connectivity index (χ1v) is 6.19. The van der Waals surface area contributed by atoms with E-state index in [-0.39, 0.29) is 11.2 Å². The number of pyridine rings is 1. The molecule has 3 aromatic rings. The lowest BCUT2D eigenvalue weighted by Gasteiger charge is -2.06. The van der Waals surface area contributed by atoms with Gasteiger partial charge >= 0.3 is 0 Å². The smallest absolute Gasteiger partial charge is 0.263 e. The molecule has 0 aliphatic heterocycles. The molecule has 2 N–H and O–H groups in total. The summed E-state index contributed by atoms with van der Waals surface area (Å²) in [4.78, 5) is 12.2. The molecule has 18 heavy (non-hydrogen) atoms. The number of rotatable bonds is 1. The zero-order valence-corrected chi connectivity index (χ0v) is 10.1. The molecule has 0 bridgehead atoms. The summed E-state index contributed by atoms with van der Waals surface area (Å²) in [7, 11) is 0. The van der Waals surface area contributed by atoms with Gasteiger partial charge in [-0.15, -0.1) is 11.3 Å². The molecule has 0 aliphatic rings. The van der Waals surface area contributed by atoms with Crippen molar-refractivity contribution in [3.05, 3.63) is 58.1 Å². The Hall–Kier alpha value is -2.14. The summed E-state index contributed by atoms with van der Waals surface area (Å²) in [5, 5.41) is 2.50. The first-order valence-electron chi connectivity index (χ1n) is 5.31. The summed E-state index contributed by atoms with van der Waals surface area (Å²) < 4.78 is 15.7. The largest absolute Gasteiger partial charge is 0.396 e. The molecular formula is C13H9FN2OS. The molecule has 5 heteroatoms. The zero-order chi connectivity index (χ0) is 12.7. The minimum atomic E-state index is -0.523. The van der Waals surface area contributed by atoms with Crippen molar-refractivity contribution in [2.75, 3.05) is 5.73 Å². The van der Waals surface area contributed by atoms with Crippen molar-refractivity contribution in [1.82, 2.24) is 4.57 Å². The van der Waals surface area contributed by atoms with Gasteiger partial charge in [0, 0.05) is 17.0 Å². The quantitative estimate of drug-likeness (QED) is 0.684. The van der Waals surface area contributed by atoms with Crippen LogP contribution in [0.15, 0.2) is 46.7 Å². The third-order valence-electron chi connectivity index (χ3n) is 2.78. The highest BCUT2D eigenvalue weighted by Crippen LogP contribution is 2.19. The minimum absolute atomic E-state index is 0.0726. The van der Waals surface area contributed by atoms with Crippen molar-refractivity contribution >= 4 is 27.1 Å². The Balaban J connectivity index is 2.28. The number of fused-ring (bicyclic) bond motifs is 1. The first-order chi connectivity index (χ1) is 8.66. The second-order valence-corrected chi connectivity index (χ2v) is 4.84. The maximum atomic E-state index is 13.4. The number of aromatic nitrogens is 1. The van der Waals surface area contributed by atoms with Crippen LogP contribution >= 0.6 is 11.3 Å². The second-order valence-electron chi connectivity index (χ2n) is 3.90. The fourth-order valence-corrected chi connectivity index (χ4v) is 2.61. The van der Waals surface area contributed by atoms with Crippen molar-refractivity contribution in [2.24, 2.45) is 0 Å². The number of nitrogens with two attached hydrogens (primary N) is 1. The zero-order valence-electron chi connectivity index (χ0n) is 9.26. The van der Waals surface area contributed by atoms with E-state index in [9.17, 15) is 9.18 Å². The van der Waals surface area contributed by atoms with Crippen LogP contribution in [0.5, 0.6) is 0 Å². The molecule has 1 aromatic carbocycles. The highest BCUT2D eigenvalue weighted by atomic mass is 32.1. The summed E-state index contributed by atoms with van der Waals surface area (Å²) in [6, 6.07) is 7.95. The maximum absolute atomic E-state index is 13.4. The molecule has 0 unspecified atom stereocenters. The molecule has 0 spiro atoms. The van der Waals surface area contributed by atoms with E-state index in [0.29, 0.717) is 11.1 Å². The molecule has 0 fully saturated rings. The Morgan fingerprint density at radius 3 is 2.83 bits per heavy atom. The molecule has 2 heterocycles. The Kier molecular flexibility index (Phi) is 2.41. The number of halogens is 1. The van der Waals surface area contributed by atoms with Crippen LogP contribution < -0.4 is 11.3 Å².